The van der Waals surface area contributed by atoms with Crippen molar-refractivity contribution >= 4 is 11.7 Å². The van der Waals surface area contributed by atoms with Gasteiger partial charge in [-0.25, -0.2) is 4.39 Å². The molecule has 2 rings (SSSR count). The van der Waals surface area contributed by atoms with Crippen LogP contribution in [0.15, 0.2) is 48.5 Å². The van der Waals surface area contributed by atoms with Crippen LogP contribution in [-0.4, -0.2) is 43.4 Å². The van der Waals surface area contributed by atoms with Crippen molar-refractivity contribution in [2.75, 3.05) is 26.8 Å². The number of rotatable bonds is 8. The van der Waals surface area contributed by atoms with Gasteiger partial charge in [0.15, 0.2) is 12.4 Å². The summed E-state index contributed by atoms with van der Waals surface area (Å²) in [6.45, 7) is 2.05. The van der Waals surface area contributed by atoms with E-state index in [1.165, 1.54) is 36.1 Å². The van der Waals surface area contributed by atoms with Gasteiger partial charge in [-0.2, -0.15) is 0 Å². The molecule has 0 radical (unpaired) electrons. The average Bonchev–Trinajstić information content (AvgIpc) is 2.61. The second-order valence-corrected chi connectivity index (χ2v) is 5.49. The molecule has 0 saturated heterocycles. The van der Waals surface area contributed by atoms with E-state index in [0.29, 0.717) is 30.2 Å². The maximum absolute atomic E-state index is 12.8. The Morgan fingerprint density at radius 1 is 0.960 bits per heavy atom. The first kappa shape index (κ1) is 18.4. The number of carbonyl (C=O) groups excluding carboxylic acids is 2. The highest BCUT2D eigenvalue weighted by Gasteiger charge is 2.10. The van der Waals surface area contributed by atoms with Crippen molar-refractivity contribution in [3.05, 3.63) is 59.9 Å². The van der Waals surface area contributed by atoms with Crippen molar-refractivity contribution in [2.24, 2.45) is 0 Å². The molecule has 0 aliphatic heterocycles. The number of nitrogens with zero attached hydrogens (tertiary/aromatic N) is 1. The Bertz CT molecular complexity index is 713. The molecular formula is C19H20FNO4. The largest absolute Gasteiger partial charge is 0.492 e. The van der Waals surface area contributed by atoms with Gasteiger partial charge in [-0.05, 0) is 55.5 Å². The van der Waals surface area contributed by atoms with Crippen molar-refractivity contribution in [3.8, 4) is 11.5 Å². The van der Waals surface area contributed by atoms with E-state index < -0.39 is 0 Å². The summed E-state index contributed by atoms with van der Waals surface area (Å²) >= 11 is 0. The zero-order valence-corrected chi connectivity index (χ0v) is 14.2. The Labute approximate surface area is 146 Å². The van der Waals surface area contributed by atoms with Crippen LogP contribution in [0.1, 0.15) is 17.3 Å². The minimum Gasteiger partial charge on any atom is -0.492 e. The van der Waals surface area contributed by atoms with Crippen LogP contribution in [-0.2, 0) is 4.79 Å². The van der Waals surface area contributed by atoms with Crippen LogP contribution in [0.5, 0.6) is 11.5 Å². The molecule has 0 aliphatic carbocycles. The number of carbonyl (C=O) groups is 2. The molecule has 2 aromatic rings. The summed E-state index contributed by atoms with van der Waals surface area (Å²) < 4.78 is 23.7. The normalized spacial score (nSPS) is 10.2. The fourth-order valence-corrected chi connectivity index (χ4v) is 2.00. The molecule has 2 aromatic carbocycles. The molecule has 132 valence electrons. The van der Waals surface area contributed by atoms with Crippen LogP contribution < -0.4 is 9.47 Å². The third-order valence-corrected chi connectivity index (χ3v) is 3.56. The Kier molecular flexibility index (Phi) is 6.51. The summed E-state index contributed by atoms with van der Waals surface area (Å²) in [5, 5.41) is 0. The van der Waals surface area contributed by atoms with Crippen LogP contribution >= 0.6 is 0 Å². The molecule has 6 heteroatoms. The Balaban J connectivity index is 1.72. The van der Waals surface area contributed by atoms with Gasteiger partial charge >= 0.3 is 0 Å². The highest BCUT2D eigenvalue weighted by atomic mass is 19.1. The number of ketones is 1. The molecule has 0 aromatic heterocycles. The number of hydrogen-bond donors (Lipinski definition) is 0. The SMILES string of the molecule is CC(=O)c1ccc(OCC(=O)N(C)CCOc2ccc(F)cc2)cc1. The number of Topliss-reactive ketones (excluding diaryl/α,β-unsaturated/α-hetero) is 1. The number of likely N-dealkylation sites (N-methyl/N-ethyl adjacent to an activating group) is 1. The van der Waals surface area contributed by atoms with Gasteiger partial charge in [0, 0.05) is 12.6 Å². The van der Waals surface area contributed by atoms with E-state index in [4.69, 9.17) is 9.47 Å². The van der Waals surface area contributed by atoms with Crippen molar-refractivity contribution in [1.82, 2.24) is 4.90 Å². The first-order valence-corrected chi connectivity index (χ1v) is 7.82. The quantitative estimate of drug-likeness (QED) is 0.690. The van der Waals surface area contributed by atoms with Crippen LogP contribution in [0.25, 0.3) is 0 Å². The van der Waals surface area contributed by atoms with Crippen molar-refractivity contribution in [2.45, 2.75) is 6.92 Å². The molecule has 0 fully saturated rings. The summed E-state index contributed by atoms with van der Waals surface area (Å²) in [5.41, 5.74) is 0.591. The third kappa shape index (κ3) is 5.91. The van der Waals surface area contributed by atoms with Crippen molar-refractivity contribution in [1.29, 1.82) is 0 Å². The topological polar surface area (TPSA) is 55.8 Å². The fraction of sp³-hybridized carbons (Fsp3) is 0.263. The minimum absolute atomic E-state index is 0.0245. The Morgan fingerprint density at radius 3 is 2.12 bits per heavy atom. The van der Waals surface area contributed by atoms with E-state index in [0.717, 1.165) is 0 Å². The second kappa shape index (κ2) is 8.82. The number of halogens is 1. The molecule has 0 heterocycles. The van der Waals surface area contributed by atoms with Crippen molar-refractivity contribution < 1.29 is 23.5 Å². The molecule has 1 amide bonds. The summed E-state index contributed by atoms with van der Waals surface area (Å²) in [5.74, 6) is 0.522. The predicted molar refractivity (Wildman–Crippen MR) is 91.5 cm³/mol. The maximum Gasteiger partial charge on any atom is 0.260 e. The average molecular weight is 345 g/mol. The van der Waals surface area contributed by atoms with E-state index in [1.807, 2.05) is 0 Å². The van der Waals surface area contributed by atoms with E-state index in [1.54, 1.807) is 31.3 Å². The Hall–Kier alpha value is -2.89. The lowest BCUT2D eigenvalue weighted by atomic mass is 10.1. The van der Waals surface area contributed by atoms with Crippen LogP contribution in [0, 0.1) is 5.82 Å². The predicted octanol–water partition coefficient (Wildman–Crippen LogP) is 2.94. The van der Waals surface area contributed by atoms with Crippen LogP contribution in [0.4, 0.5) is 4.39 Å². The molecule has 0 atom stereocenters. The van der Waals surface area contributed by atoms with E-state index >= 15 is 0 Å². The molecule has 0 saturated carbocycles. The van der Waals surface area contributed by atoms with Gasteiger partial charge in [-0.1, -0.05) is 0 Å². The summed E-state index contributed by atoms with van der Waals surface area (Å²) in [6.07, 6.45) is 0. The van der Waals surface area contributed by atoms with Gasteiger partial charge < -0.3 is 14.4 Å². The van der Waals surface area contributed by atoms with Gasteiger partial charge in [0.05, 0.1) is 6.54 Å². The zero-order valence-electron chi connectivity index (χ0n) is 14.2. The molecule has 0 aliphatic rings. The molecule has 25 heavy (non-hydrogen) atoms. The smallest absolute Gasteiger partial charge is 0.260 e. The number of benzene rings is 2. The molecule has 5 nitrogen and oxygen atoms in total. The number of amides is 1. The lowest BCUT2D eigenvalue weighted by Crippen LogP contribution is -2.34. The molecule has 0 spiro atoms. The van der Waals surface area contributed by atoms with Gasteiger partial charge in [-0.3, -0.25) is 9.59 Å². The van der Waals surface area contributed by atoms with Gasteiger partial charge in [-0.15, -0.1) is 0 Å². The Morgan fingerprint density at radius 2 is 1.52 bits per heavy atom. The number of hydrogen-bond acceptors (Lipinski definition) is 4. The standard InChI is InChI=1S/C19H20FNO4/c1-14(22)15-3-7-18(8-4-15)25-13-19(23)21(2)11-12-24-17-9-5-16(20)6-10-17/h3-10H,11-13H2,1-2H3. The first-order valence-electron chi connectivity index (χ1n) is 7.82. The van der Waals surface area contributed by atoms with E-state index in [9.17, 15) is 14.0 Å². The fourth-order valence-electron chi connectivity index (χ4n) is 2.00. The molecular weight excluding hydrogens is 325 g/mol. The molecule has 0 unspecified atom stereocenters. The first-order chi connectivity index (χ1) is 12.0. The monoisotopic (exact) mass is 345 g/mol. The van der Waals surface area contributed by atoms with Gasteiger partial charge in [0.2, 0.25) is 0 Å². The zero-order chi connectivity index (χ0) is 18.2. The summed E-state index contributed by atoms with van der Waals surface area (Å²) in [4.78, 5) is 24.7. The van der Waals surface area contributed by atoms with E-state index in [2.05, 4.69) is 0 Å². The third-order valence-electron chi connectivity index (χ3n) is 3.56. The molecule has 0 N–H and O–H groups in total. The van der Waals surface area contributed by atoms with Crippen LogP contribution in [0.2, 0.25) is 0 Å². The van der Waals surface area contributed by atoms with Crippen molar-refractivity contribution in [3.63, 3.8) is 0 Å². The lowest BCUT2D eigenvalue weighted by Gasteiger charge is -2.18. The maximum atomic E-state index is 12.8. The highest BCUT2D eigenvalue weighted by Crippen LogP contribution is 2.13. The van der Waals surface area contributed by atoms with E-state index in [-0.39, 0.29) is 24.1 Å². The van der Waals surface area contributed by atoms with Gasteiger partial charge in [0.1, 0.15) is 23.9 Å². The second-order valence-electron chi connectivity index (χ2n) is 5.49. The van der Waals surface area contributed by atoms with Gasteiger partial charge in [0.25, 0.3) is 5.91 Å². The summed E-state index contributed by atoms with van der Waals surface area (Å²) in [7, 11) is 1.65. The van der Waals surface area contributed by atoms with Crippen LogP contribution in [0.3, 0.4) is 0 Å². The highest BCUT2D eigenvalue weighted by molar-refractivity contribution is 5.94. The molecule has 0 bridgehead atoms. The number of ether oxygens (including phenoxy) is 2. The lowest BCUT2D eigenvalue weighted by molar-refractivity contribution is -0.132. The summed E-state index contributed by atoms with van der Waals surface area (Å²) in [6, 6.07) is 12.3. The minimum atomic E-state index is -0.326.